The first-order chi connectivity index (χ1) is 8.26. The molecule has 0 bridgehead atoms. The van der Waals surface area contributed by atoms with Gasteiger partial charge in [-0.05, 0) is 44.1 Å². The lowest BCUT2D eigenvalue weighted by Gasteiger charge is -2.13. The van der Waals surface area contributed by atoms with Gasteiger partial charge < -0.3 is 9.84 Å². The molecule has 92 valence electrons. The Hall–Kier alpha value is -0.900. The Labute approximate surface area is 101 Å². The number of nitrogens with zero attached hydrogens (tertiary/aromatic N) is 2. The van der Waals surface area contributed by atoms with Crippen LogP contribution in [0.25, 0.3) is 0 Å². The second-order valence-electron chi connectivity index (χ2n) is 6.26. The van der Waals surface area contributed by atoms with Gasteiger partial charge in [-0.15, -0.1) is 0 Å². The van der Waals surface area contributed by atoms with Gasteiger partial charge in [-0.3, -0.25) is 0 Å². The molecule has 4 rings (SSSR count). The maximum Gasteiger partial charge on any atom is 0.244 e. The fraction of sp³-hybridized carbons (Fsp3) is 0.846. The normalized spacial score (nSPS) is 38.3. The van der Waals surface area contributed by atoms with Gasteiger partial charge in [0.05, 0.1) is 6.04 Å². The Morgan fingerprint density at radius 3 is 3.06 bits per heavy atom. The van der Waals surface area contributed by atoms with Crippen LogP contribution < -0.4 is 5.32 Å². The summed E-state index contributed by atoms with van der Waals surface area (Å²) in [5.41, 5.74) is 0.218. The Kier molecular flexibility index (Phi) is 1.96. The van der Waals surface area contributed by atoms with Gasteiger partial charge >= 0.3 is 0 Å². The van der Waals surface area contributed by atoms with Crippen molar-refractivity contribution in [2.75, 3.05) is 6.54 Å². The van der Waals surface area contributed by atoms with Gasteiger partial charge in [-0.2, -0.15) is 4.98 Å². The molecule has 4 nitrogen and oxygen atoms in total. The molecule has 1 saturated heterocycles. The van der Waals surface area contributed by atoms with Crippen LogP contribution in [-0.2, 0) is 5.41 Å². The van der Waals surface area contributed by atoms with E-state index in [1.807, 2.05) is 0 Å². The predicted molar refractivity (Wildman–Crippen MR) is 62.5 cm³/mol. The fourth-order valence-electron chi connectivity index (χ4n) is 3.48. The molecule has 3 atom stereocenters. The van der Waals surface area contributed by atoms with Crippen LogP contribution in [0.2, 0.25) is 0 Å². The fourth-order valence-corrected chi connectivity index (χ4v) is 3.48. The average Bonchev–Trinajstić information content (AvgIpc) is 2.82. The minimum Gasteiger partial charge on any atom is -0.338 e. The first kappa shape index (κ1) is 10.1. The predicted octanol–water partition coefficient (Wildman–Crippen LogP) is 2.18. The van der Waals surface area contributed by atoms with Crippen molar-refractivity contribution >= 4 is 0 Å². The van der Waals surface area contributed by atoms with Gasteiger partial charge in [0.15, 0.2) is 5.82 Å². The summed E-state index contributed by atoms with van der Waals surface area (Å²) in [6.07, 6.45) is 6.46. The molecule has 0 radical (unpaired) electrons. The molecule has 2 heterocycles. The minimum atomic E-state index is 0.218. The zero-order valence-corrected chi connectivity index (χ0v) is 10.3. The van der Waals surface area contributed by atoms with Crippen molar-refractivity contribution in [2.24, 2.45) is 11.8 Å². The molecule has 1 N–H and O–H groups in total. The SMILES string of the molecule is CC1(c2noc(C3NCC4CCCC43)n2)CC1. The number of hydrogen-bond acceptors (Lipinski definition) is 4. The van der Waals surface area contributed by atoms with Crippen LogP contribution in [-0.4, -0.2) is 16.7 Å². The Bertz CT molecular complexity index is 438. The number of rotatable bonds is 2. The van der Waals surface area contributed by atoms with E-state index >= 15 is 0 Å². The highest BCUT2D eigenvalue weighted by molar-refractivity contribution is 5.15. The second kappa shape index (κ2) is 3.31. The lowest BCUT2D eigenvalue weighted by atomic mass is 9.94. The Morgan fingerprint density at radius 2 is 2.24 bits per heavy atom. The monoisotopic (exact) mass is 233 g/mol. The van der Waals surface area contributed by atoms with Gasteiger partial charge in [0, 0.05) is 5.41 Å². The van der Waals surface area contributed by atoms with Gasteiger partial charge in [0.1, 0.15) is 0 Å². The van der Waals surface area contributed by atoms with E-state index in [0.717, 1.165) is 30.1 Å². The van der Waals surface area contributed by atoms with Crippen LogP contribution in [0.1, 0.15) is 56.8 Å². The molecule has 3 unspecified atom stereocenters. The Balaban J connectivity index is 1.60. The maximum absolute atomic E-state index is 5.50. The van der Waals surface area contributed by atoms with Crippen LogP contribution in [0.3, 0.4) is 0 Å². The van der Waals surface area contributed by atoms with Crippen molar-refractivity contribution in [1.82, 2.24) is 15.5 Å². The summed E-state index contributed by atoms with van der Waals surface area (Å²) < 4.78 is 5.50. The van der Waals surface area contributed by atoms with Gasteiger partial charge in [-0.1, -0.05) is 18.5 Å². The van der Waals surface area contributed by atoms with Gasteiger partial charge in [0.2, 0.25) is 5.89 Å². The molecule has 1 aromatic heterocycles. The van der Waals surface area contributed by atoms with Gasteiger partial charge in [-0.25, -0.2) is 0 Å². The van der Waals surface area contributed by atoms with E-state index in [1.54, 1.807) is 0 Å². The van der Waals surface area contributed by atoms with E-state index in [4.69, 9.17) is 4.52 Å². The third-order valence-electron chi connectivity index (χ3n) is 4.99. The van der Waals surface area contributed by atoms with E-state index < -0.39 is 0 Å². The molecule has 2 saturated carbocycles. The summed E-state index contributed by atoms with van der Waals surface area (Å²) in [6.45, 7) is 3.35. The van der Waals surface area contributed by atoms with Crippen molar-refractivity contribution in [1.29, 1.82) is 0 Å². The summed E-state index contributed by atoms with van der Waals surface area (Å²) in [7, 11) is 0. The molecule has 4 heteroatoms. The lowest BCUT2D eigenvalue weighted by Crippen LogP contribution is -2.18. The van der Waals surface area contributed by atoms with Crippen LogP contribution in [0, 0.1) is 11.8 Å². The molecule has 0 amide bonds. The summed E-state index contributed by atoms with van der Waals surface area (Å²) in [5, 5.41) is 7.75. The van der Waals surface area contributed by atoms with Crippen LogP contribution in [0.5, 0.6) is 0 Å². The smallest absolute Gasteiger partial charge is 0.244 e. The van der Waals surface area contributed by atoms with Crippen LogP contribution in [0.15, 0.2) is 4.52 Å². The first-order valence-electron chi connectivity index (χ1n) is 6.84. The molecule has 2 aliphatic carbocycles. The minimum absolute atomic E-state index is 0.218. The number of fused-ring (bicyclic) bond motifs is 1. The summed E-state index contributed by atoms with van der Waals surface area (Å²) in [4.78, 5) is 4.65. The third-order valence-corrected chi connectivity index (χ3v) is 4.99. The van der Waals surface area contributed by atoms with Crippen LogP contribution >= 0.6 is 0 Å². The highest BCUT2D eigenvalue weighted by Gasteiger charge is 2.46. The molecule has 1 aromatic rings. The zero-order valence-electron chi connectivity index (χ0n) is 10.3. The van der Waals surface area contributed by atoms with E-state index in [-0.39, 0.29) is 5.41 Å². The average molecular weight is 233 g/mol. The van der Waals surface area contributed by atoms with Crippen molar-refractivity contribution in [2.45, 2.75) is 50.5 Å². The molecule has 0 aromatic carbocycles. The van der Waals surface area contributed by atoms with Gasteiger partial charge in [0.25, 0.3) is 0 Å². The molecule has 0 spiro atoms. The van der Waals surface area contributed by atoms with E-state index in [2.05, 4.69) is 22.4 Å². The van der Waals surface area contributed by atoms with E-state index in [9.17, 15) is 0 Å². The van der Waals surface area contributed by atoms with Crippen molar-refractivity contribution in [3.8, 4) is 0 Å². The topological polar surface area (TPSA) is 51.0 Å². The largest absolute Gasteiger partial charge is 0.338 e. The van der Waals surface area contributed by atoms with Crippen molar-refractivity contribution < 1.29 is 4.52 Å². The molecular weight excluding hydrogens is 214 g/mol. The quantitative estimate of drug-likeness (QED) is 0.850. The summed E-state index contributed by atoms with van der Waals surface area (Å²) in [6, 6.07) is 0.325. The Morgan fingerprint density at radius 1 is 1.35 bits per heavy atom. The highest BCUT2D eigenvalue weighted by Crippen LogP contribution is 2.48. The number of hydrogen-bond donors (Lipinski definition) is 1. The molecule has 3 fully saturated rings. The zero-order chi connectivity index (χ0) is 11.5. The van der Waals surface area contributed by atoms with E-state index in [0.29, 0.717) is 6.04 Å². The maximum atomic E-state index is 5.50. The van der Waals surface area contributed by atoms with Crippen molar-refractivity contribution in [3.63, 3.8) is 0 Å². The summed E-state index contributed by atoms with van der Waals surface area (Å²) >= 11 is 0. The standard InChI is InChI=1S/C13H19N3O/c1-13(5-6-13)12-15-11(17-16-12)10-9-4-2-3-8(9)7-14-10/h8-10,14H,2-7H2,1H3. The number of aromatic nitrogens is 2. The molecule has 1 aliphatic heterocycles. The summed E-state index contributed by atoms with van der Waals surface area (Å²) in [5.74, 6) is 3.33. The molecular formula is C13H19N3O. The molecule has 17 heavy (non-hydrogen) atoms. The molecule has 3 aliphatic rings. The second-order valence-corrected chi connectivity index (χ2v) is 6.26. The first-order valence-corrected chi connectivity index (χ1v) is 6.84. The third kappa shape index (κ3) is 1.46. The van der Waals surface area contributed by atoms with E-state index in [1.165, 1.54) is 32.1 Å². The van der Waals surface area contributed by atoms with Crippen LogP contribution in [0.4, 0.5) is 0 Å². The highest BCUT2D eigenvalue weighted by atomic mass is 16.5. The lowest BCUT2D eigenvalue weighted by molar-refractivity contribution is 0.299. The number of nitrogens with one attached hydrogen (secondary N) is 1. The van der Waals surface area contributed by atoms with Crippen molar-refractivity contribution in [3.05, 3.63) is 11.7 Å².